The fourth-order valence-electron chi connectivity index (χ4n) is 4.20. The predicted molar refractivity (Wildman–Crippen MR) is 123 cm³/mol. The van der Waals surface area contributed by atoms with Crippen LogP contribution in [0.5, 0.6) is 0 Å². The Morgan fingerprint density at radius 1 is 1.29 bits per heavy atom. The summed E-state index contributed by atoms with van der Waals surface area (Å²) in [5, 5.41) is 12.0. The van der Waals surface area contributed by atoms with Crippen molar-refractivity contribution < 1.29 is 14.3 Å². The van der Waals surface area contributed by atoms with Gasteiger partial charge in [-0.3, -0.25) is 0 Å². The van der Waals surface area contributed by atoms with Crippen LogP contribution in [0.15, 0.2) is 11.4 Å². The van der Waals surface area contributed by atoms with E-state index in [2.05, 4.69) is 17.1 Å². The van der Waals surface area contributed by atoms with Gasteiger partial charge in [0.15, 0.2) is 0 Å². The van der Waals surface area contributed by atoms with Gasteiger partial charge >= 0.3 is 12.0 Å². The second-order valence-corrected chi connectivity index (χ2v) is 10.2. The minimum Gasteiger partial charge on any atom is -0.435 e. The van der Waals surface area contributed by atoms with Crippen LogP contribution in [0.4, 0.5) is 9.93 Å². The number of aryl methyl sites for hydroxylation is 1. The molecule has 1 unspecified atom stereocenters. The van der Waals surface area contributed by atoms with E-state index >= 15 is 0 Å². The lowest BCUT2D eigenvalue weighted by molar-refractivity contribution is 0.0332. The Bertz CT molecular complexity index is 912. The minimum absolute atomic E-state index is 0.246. The van der Waals surface area contributed by atoms with E-state index in [4.69, 9.17) is 16.3 Å². The number of aromatic nitrogens is 2. The summed E-state index contributed by atoms with van der Waals surface area (Å²) < 4.78 is 5.84. The number of thiophene rings is 1. The average Bonchev–Trinajstić information content (AvgIpc) is 3.49. The largest absolute Gasteiger partial charge is 0.435 e. The van der Waals surface area contributed by atoms with Gasteiger partial charge in [-0.15, -0.1) is 33.1 Å². The molecular formula is C21H27ClN4O3S2. The van der Waals surface area contributed by atoms with Crippen LogP contribution < -0.4 is 4.90 Å². The van der Waals surface area contributed by atoms with Gasteiger partial charge in [-0.1, -0.05) is 43.9 Å². The van der Waals surface area contributed by atoms with E-state index in [-0.39, 0.29) is 12.6 Å². The van der Waals surface area contributed by atoms with Crippen LogP contribution in [0.25, 0.3) is 0 Å². The Morgan fingerprint density at radius 3 is 2.84 bits per heavy atom. The number of halogens is 1. The van der Waals surface area contributed by atoms with Gasteiger partial charge in [-0.05, 0) is 36.3 Å². The third-order valence-corrected chi connectivity index (χ3v) is 7.97. The van der Waals surface area contributed by atoms with E-state index in [0.29, 0.717) is 28.4 Å². The summed E-state index contributed by atoms with van der Waals surface area (Å²) >= 11 is 8.70. The number of alkyl halides is 1. The lowest BCUT2D eigenvalue weighted by Crippen LogP contribution is -2.37. The number of esters is 1. The third-order valence-electron chi connectivity index (χ3n) is 5.78. The lowest BCUT2D eigenvalue weighted by atomic mass is 9.90. The highest BCUT2D eigenvalue weighted by molar-refractivity contribution is 7.15. The molecule has 7 nitrogen and oxygen atoms in total. The van der Waals surface area contributed by atoms with Crippen molar-refractivity contribution in [1.29, 1.82) is 0 Å². The average molecular weight is 483 g/mol. The third kappa shape index (κ3) is 4.88. The van der Waals surface area contributed by atoms with Gasteiger partial charge in [-0.25, -0.2) is 14.5 Å². The second-order valence-electron chi connectivity index (χ2n) is 7.93. The first kappa shape index (κ1) is 22.5. The molecule has 0 radical (unpaired) electrons. The van der Waals surface area contributed by atoms with Gasteiger partial charge in [-0.2, -0.15) is 0 Å². The Kier molecular flexibility index (Phi) is 7.45. The molecule has 4 rings (SSSR count). The van der Waals surface area contributed by atoms with Crippen molar-refractivity contribution in [3.8, 4) is 0 Å². The van der Waals surface area contributed by atoms with Crippen molar-refractivity contribution in [2.45, 2.75) is 64.0 Å². The summed E-state index contributed by atoms with van der Waals surface area (Å²) in [6.07, 6.45) is 6.91. The molecule has 2 amide bonds. The number of amides is 2. The summed E-state index contributed by atoms with van der Waals surface area (Å²) in [5.41, 5.74) is 0.987. The number of nitrogens with zero attached hydrogens (tertiary/aromatic N) is 4. The van der Waals surface area contributed by atoms with Crippen LogP contribution >= 0.6 is 34.3 Å². The lowest BCUT2D eigenvalue weighted by Gasteiger charge is -2.20. The number of rotatable bonds is 8. The number of hydrogen-bond donors (Lipinski definition) is 0. The van der Waals surface area contributed by atoms with Crippen LogP contribution in [0.3, 0.4) is 0 Å². The van der Waals surface area contributed by atoms with Crippen molar-refractivity contribution >= 4 is 51.4 Å². The maximum Gasteiger partial charge on any atom is 0.350 e. The molecule has 1 aliphatic heterocycles. The normalized spacial score (nSPS) is 19.9. The van der Waals surface area contributed by atoms with E-state index in [1.807, 2.05) is 11.4 Å². The minimum atomic E-state index is -0.744. The number of ether oxygens (including phenoxy) is 1. The smallest absolute Gasteiger partial charge is 0.350 e. The quantitative estimate of drug-likeness (QED) is 0.378. The molecule has 1 saturated heterocycles. The predicted octanol–water partition coefficient (Wildman–Crippen LogP) is 5.26. The molecule has 10 heteroatoms. The van der Waals surface area contributed by atoms with Crippen molar-refractivity contribution in [1.82, 2.24) is 15.1 Å². The van der Waals surface area contributed by atoms with Crippen LogP contribution in [0.1, 0.15) is 71.6 Å². The fourth-order valence-corrected chi connectivity index (χ4v) is 6.29. The van der Waals surface area contributed by atoms with Gasteiger partial charge in [0.05, 0.1) is 6.54 Å². The van der Waals surface area contributed by atoms with Crippen molar-refractivity contribution in [3.05, 3.63) is 26.9 Å². The molecule has 1 aliphatic carbocycles. The van der Waals surface area contributed by atoms with Gasteiger partial charge in [0.2, 0.25) is 11.4 Å². The Morgan fingerprint density at radius 2 is 2.10 bits per heavy atom. The van der Waals surface area contributed by atoms with Crippen LogP contribution in [-0.2, 0) is 11.2 Å². The van der Waals surface area contributed by atoms with E-state index in [1.54, 1.807) is 4.90 Å². The van der Waals surface area contributed by atoms with Crippen molar-refractivity contribution in [2.24, 2.45) is 0 Å². The topological polar surface area (TPSA) is 75.6 Å². The van der Waals surface area contributed by atoms with Crippen molar-refractivity contribution in [2.75, 3.05) is 23.9 Å². The van der Waals surface area contributed by atoms with Gasteiger partial charge < -0.3 is 9.64 Å². The number of carbonyl (C=O) groups is 2. The molecule has 3 heterocycles. The summed E-state index contributed by atoms with van der Waals surface area (Å²) in [7, 11) is 0. The number of carbonyl (C=O) groups excluding carboxylic acids is 2. The molecular weight excluding hydrogens is 456 g/mol. The molecule has 168 valence electrons. The van der Waals surface area contributed by atoms with Gasteiger partial charge in [0.1, 0.15) is 9.88 Å². The number of hydrogen-bond acceptors (Lipinski definition) is 7. The van der Waals surface area contributed by atoms with Gasteiger partial charge in [0, 0.05) is 18.3 Å². The van der Waals surface area contributed by atoms with E-state index in [0.717, 1.165) is 36.3 Å². The molecule has 1 atom stereocenters. The first-order valence-corrected chi connectivity index (χ1v) is 13.1. The Balaban J connectivity index is 1.55. The first-order chi connectivity index (χ1) is 15.1. The molecule has 0 bridgehead atoms. The molecule has 0 spiro atoms. The second kappa shape index (κ2) is 10.3. The van der Waals surface area contributed by atoms with Crippen molar-refractivity contribution in [3.63, 3.8) is 0 Å². The number of urea groups is 1. The van der Waals surface area contributed by atoms with Crippen LogP contribution in [-0.4, -0.2) is 52.3 Å². The summed E-state index contributed by atoms with van der Waals surface area (Å²) in [5.74, 6) is 0.321. The highest BCUT2D eigenvalue weighted by Crippen LogP contribution is 2.37. The Labute approximate surface area is 195 Å². The molecule has 2 aromatic heterocycles. The zero-order chi connectivity index (χ0) is 21.8. The fraction of sp³-hybridized carbons (Fsp3) is 0.619. The van der Waals surface area contributed by atoms with Gasteiger partial charge in [0.25, 0.3) is 0 Å². The Hall–Kier alpha value is -1.71. The van der Waals surface area contributed by atoms with Crippen LogP contribution in [0, 0.1) is 0 Å². The molecule has 0 N–H and O–H groups in total. The monoisotopic (exact) mass is 482 g/mol. The maximum absolute atomic E-state index is 13.1. The molecule has 1 saturated carbocycles. The van der Waals surface area contributed by atoms with E-state index in [9.17, 15) is 9.59 Å². The van der Waals surface area contributed by atoms with E-state index in [1.165, 1.54) is 46.8 Å². The SMILES string of the molecule is CCCc1ccsc1C(=O)OC1CN(CCCl)C(=O)N1c1nnc(C2CCCCC2)s1. The first-order valence-electron chi connectivity index (χ1n) is 10.9. The standard InChI is InChI=1S/C21H27ClN4O3S2/c1-2-6-14-9-12-30-17(14)19(27)29-16-13-25(11-10-22)21(28)26(16)20-24-23-18(31-20)15-7-4-3-5-8-15/h9,12,15-16H,2-8,10-11,13H2,1H3. The van der Waals surface area contributed by atoms with E-state index < -0.39 is 12.2 Å². The van der Waals surface area contributed by atoms with Crippen LogP contribution in [0.2, 0.25) is 0 Å². The summed E-state index contributed by atoms with van der Waals surface area (Å²) in [6.45, 7) is 2.73. The molecule has 0 aromatic carbocycles. The summed E-state index contributed by atoms with van der Waals surface area (Å²) in [4.78, 5) is 29.7. The maximum atomic E-state index is 13.1. The highest BCUT2D eigenvalue weighted by Gasteiger charge is 2.43. The number of anilines is 1. The highest BCUT2D eigenvalue weighted by atomic mass is 35.5. The molecule has 2 fully saturated rings. The molecule has 2 aromatic rings. The molecule has 2 aliphatic rings. The molecule has 31 heavy (non-hydrogen) atoms. The zero-order valence-corrected chi connectivity index (χ0v) is 20.0. The summed E-state index contributed by atoms with van der Waals surface area (Å²) in [6, 6.07) is 1.72. The zero-order valence-electron chi connectivity index (χ0n) is 17.6.